The van der Waals surface area contributed by atoms with Gasteiger partial charge in [0.1, 0.15) is 6.07 Å². The van der Waals surface area contributed by atoms with Crippen LogP contribution >= 0.6 is 24.0 Å². The molecule has 0 aliphatic heterocycles. The van der Waals surface area contributed by atoms with E-state index in [0.29, 0.717) is 16.0 Å². The van der Waals surface area contributed by atoms with Gasteiger partial charge in [0, 0.05) is 25.9 Å². The number of nitriles is 1. The van der Waals surface area contributed by atoms with Crippen LogP contribution in [0.5, 0.6) is 0 Å². The molecule has 0 unspecified atom stereocenters. The lowest BCUT2D eigenvalue weighted by Crippen LogP contribution is -1.82. The lowest BCUT2D eigenvalue weighted by atomic mass is 10.1. The molecule has 0 saturated carbocycles. The van der Waals surface area contributed by atoms with Crippen molar-refractivity contribution >= 4 is 40.3 Å². The summed E-state index contributed by atoms with van der Waals surface area (Å²) in [5.74, 6) is 0. The summed E-state index contributed by atoms with van der Waals surface area (Å²) in [6, 6.07) is 5.65. The SMILES string of the molecule is N#Cc1csc2c(C=O)c(S)ccc12. The maximum atomic E-state index is 10.8. The van der Waals surface area contributed by atoms with E-state index in [-0.39, 0.29) is 0 Å². The molecule has 0 N–H and O–H groups in total. The van der Waals surface area contributed by atoms with Gasteiger partial charge in [-0.25, -0.2) is 0 Å². The second-order valence-electron chi connectivity index (χ2n) is 2.75. The highest BCUT2D eigenvalue weighted by molar-refractivity contribution is 7.80. The first kappa shape index (κ1) is 9.25. The van der Waals surface area contributed by atoms with Gasteiger partial charge in [0.2, 0.25) is 0 Å². The van der Waals surface area contributed by atoms with Crippen molar-refractivity contribution < 1.29 is 4.79 Å². The van der Waals surface area contributed by atoms with E-state index in [4.69, 9.17) is 5.26 Å². The van der Waals surface area contributed by atoms with Crippen LogP contribution in [0.25, 0.3) is 10.1 Å². The number of thiophene rings is 1. The normalized spacial score (nSPS) is 10.0. The topological polar surface area (TPSA) is 40.9 Å². The molecule has 2 nitrogen and oxygen atoms in total. The van der Waals surface area contributed by atoms with Crippen LogP contribution in [-0.2, 0) is 0 Å². The quantitative estimate of drug-likeness (QED) is 0.592. The number of benzene rings is 1. The van der Waals surface area contributed by atoms with Gasteiger partial charge in [-0.15, -0.1) is 24.0 Å². The van der Waals surface area contributed by atoms with Gasteiger partial charge in [-0.2, -0.15) is 5.26 Å². The molecule has 0 fully saturated rings. The van der Waals surface area contributed by atoms with E-state index in [1.165, 1.54) is 11.3 Å². The Labute approximate surface area is 90.2 Å². The molecule has 0 spiro atoms. The lowest BCUT2D eigenvalue weighted by Gasteiger charge is -1.98. The third kappa shape index (κ3) is 1.22. The predicted molar refractivity (Wildman–Crippen MR) is 59.2 cm³/mol. The van der Waals surface area contributed by atoms with Crippen molar-refractivity contribution in [2.45, 2.75) is 4.90 Å². The number of aldehydes is 1. The van der Waals surface area contributed by atoms with Crippen LogP contribution in [0.4, 0.5) is 0 Å². The van der Waals surface area contributed by atoms with Gasteiger partial charge < -0.3 is 0 Å². The number of carbonyl (C=O) groups excluding carboxylic acids is 1. The summed E-state index contributed by atoms with van der Waals surface area (Å²) in [6.45, 7) is 0. The summed E-state index contributed by atoms with van der Waals surface area (Å²) in [6.07, 6.45) is 0.780. The Kier molecular flexibility index (Phi) is 2.28. The average molecular weight is 219 g/mol. The molecule has 1 heterocycles. The van der Waals surface area contributed by atoms with Crippen molar-refractivity contribution in [3.63, 3.8) is 0 Å². The van der Waals surface area contributed by atoms with E-state index < -0.39 is 0 Å². The summed E-state index contributed by atoms with van der Waals surface area (Å²) in [4.78, 5) is 11.5. The second-order valence-corrected chi connectivity index (χ2v) is 4.12. The summed E-state index contributed by atoms with van der Waals surface area (Å²) in [7, 11) is 0. The molecule has 0 aliphatic rings. The first-order valence-electron chi connectivity index (χ1n) is 3.86. The van der Waals surface area contributed by atoms with E-state index in [9.17, 15) is 4.79 Å². The highest BCUT2D eigenvalue weighted by Crippen LogP contribution is 2.31. The summed E-state index contributed by atoms with van der Waals surface area (Å²) in [5, 5.41) is 11.4. The number of hydrogen-bond acceptors (Lipinski definition) is 4. The standard InChI is InChI=1S/C10H5NOS2/c11-3-6-5-14-10-7(6)1-2-9(13)8(10)4-12/h1-2,4-5,13H. The highest BCUT2D eigenvalue weighted by Gasteiger charge is 2.09. The molecular formula is C10H5NOS2. The van der Waals surface area contributed by atoms with Crippen molar-refractivity contribution in [3.8, 4) is 6.07 Å². The zero-order chi connectivity index (χ0) is 10.1. The Morgan fingerprint density at radius 3 is 2.93 bits per heavy atom. The van der Waals surface area contributed by atoms with E-state index in [1.54, 1.807) is 11.4 Å². The molecule has 68 valence electrons. The molecular weight excluding hydrogens is 214 g/mol. The molecule has 1 aromatic heterocycles. The van der Waals surface area contributed by atoms with Crippen LogP contribution in [-0.4, -0.2) is 6.29 Å². The Morgan fingerprint density at radius 2 is 2.29 bits per heavy atom. The third-order valence-electron chi connectivity index (χ3n) is 2.00. The number of hydrogen-bond donors (Lipinski definition) is 1. The van der Waals surface area contributed by atoms with Gasteiger partial charge in [-0.3, -0.25) is 4.79 Å². The number of rotatable bonds is 1. The smallest absolute Gasteiger partial charge is 0.152 e. The summed E-state index contributed by atoms with van der Waals surface area (Å²) < 4.78 is 0.837. The Balaban J connectivity index is 2.92. The van der Waals surface area contributed by atoms with Crippen molar-refractivity contribution in [1.29, 1.82) is 5.26 Å². The number of nitrogens with zero attached hydrogens (tertiary/aromatic N) is 1. The molecule has 4 heteroatoms. The molecule has 0 atom stereocenters. The minimum Gasteiger partial charge on any atom is -0.298 e. The van der Waals surface area contributed by atoms with Gasteiger partial charge in [0.25, 0.3) is 0 Å². The monoisotopic (exact) mass is 219 g/mol. The van der Waals surface area contributed by atoms with Crippen LogP contribution in [0.15, 0.2) is 22.4 Å². The van der Waals surface area contributed by atoms with Crippen LogP contribution < -0.4 is 0 Å². The third-order valence-corrected chi connectivity index (χ3v) is 3.42. The molecule has 2 rings (SSSR count). The fourth-order valence-electron chi connectivity index (χ4n) is 1.31. The fourth-order valence-corrected chi connectivity index (χ4v) is 2.63. The number of carbonyl (C=O) groups is 1. The van der Waals surface area contributed by atoms with Crippen LogP contribution in [0.1, 0.15) is 15.9 Å². The number of fused-ring (bicyclic) bond motifs is 1. The van der Waals surface area contributed by atoms with Crippen molar-refractivity contribution in [1.82, 2.24) is 0 Å². The van der Waals surface area contributed by atoms with E-state index in [1.807, 2.05) is 6.07 Å². The van der Waals surface area contributed by atoms with Gasteiger partial charge in [-0.05, 0) is 6.07 Å². The van der Waals surface area contributed by atoms with Crippen LogP contribution in [0, 0.1) is 11.3 Å². The van der Waals surface area contributed by atoms with Crippen molar-refractivity contribution in [2.24, 2.45) is 0 Å². The first-order chi connectivity index (χ1) is 6.77. The van der Waals surface area contributed by atoms with Crippen molar-refractivity contribution in [3.05, 3.63) is 28.6 Å². The average Bonchev–Trinajstić information content (AvgIpc) is 2.60. The molecule has 1 aromatic carbocycles. The predicted octanol–water partition coefficient (Wildman–Crippen LogP) is 2.87. The molecule has 2 aromatic rings. The zero-order valence-corrected chi connectivity index (χ0v) is 8.73. The molecule has 0 aliphatic carbocycles. The lowest BCUT2D eigenvalue weighted by molar-refractivity contribution is 0.112. The second kappa shape index (κ2) is 3.45. The minimum absolute atomic E-state index is 0.567. The molecule has 0 radical (unpaired) electrons. The van der Waals surface area contributed by atoms with Crippen LogP contribution in [0.2, 0.25) is 0 Å². The fraction of sp³-hybridized carbons (Fsp3) is 0. The number of thiol groups is 1. The molecule has 14 heavy (non-hydrogen) atoms. The van der Waals surface area contributed by atoms with Gasteiger partial charge in [-0.1, -0.05) is 6.07 Å². The molecule has 0 saturated heterocycles. The summed E-state index contributed by atoms with van der Waals surface area (Å²) >= 11 is 5.59. The van der Waals surface area contributed by atoms with E-state index in [2.05, 4.69) is 18.7 Å². The van der Waals surface area contributed by atoms with Gasteiger partial charge >= 0.3 is 0 Å². The first-order valence-corrected chi connectivity index (χ1v) is 5.19. The van der Waals surface area contributed by atoms with Crippen LogP contribution in [0.3, 0.4) is 0 Å². The minimum atomic E-state index is 0.567. The highest BCUT2D eigenvalue weighted by atomic mass is 32.1. The maximum Gasteiger partial charge on any atom is 0.152 e. The summed E-state index contributed by atoms with van der Waals surface area (Å²) in [5.41, 5.74) is 1.18. The Bertz CT molecular complexity index is 551. The van der Waals surface area contributed by atoms with Gasteiger partial charge in [0.05, 0.1) is 5.56 Å². The Morgan fingerprint density at radius 1 is 1.50 bits per heavy atom. The van der Waals surface area contributed by atoms with Crippen molar-refractivity contribution in [2.75, 3.05) is 0 Å². The zero-order valence-electron chi connectivity index (χ0n) is 7.02. The van der Waals surface area contributed by atoms with E-state index in [0.717, 1.165) is 16.4 Å². The van der Waals surface area contributed by atoms with E-state index >= 15 is 0 Å². The van der Waals surface area contributed by atoms with Gasteiger partial charge in [0.15, 0.2) is 6.29 Å². The Hall–Kier alpha value is -1.31. The largest absolute Gasteiger partial charge is 0.298 e. The molecule has 0 bridgehead atoms. The molecule has 0 amide bonds. The maximum absolute atomic E-state index is 10.8.